The molecular weight excluding hydrogens is 312 g/mol. The fraction of sp³-hybridized carbons (Fsp3) is 0.353. The number of carbonyl (C=O) groups excluding carboxylic acids is 2. The summed E-state index contributed by atoms with van der Waals surface area (Å²) in [5.41, 5.74) is 2.98. The zero-order chi connectivity index (χ0) is 17.1. The Kier molecular flexibility index (Phi) is 5.15. The molecule has 1 aromatic carbocycles. The number of hydrogen-bond acceptors (Lipinski definition) is 5. The first-order valence-corrected chi connectivity index (χ1v) is 8.21. The lowest BCUT2D eigenvalue weighted by Gasteiger charge is -2.06. The second-order valence-corrected chi connectivity index (χ2v) is 6.38. The van der Waals surface area contributed by atoms with Crippen molar-refractivity contribution in [1.29, 1.82) is 0 Å². The number of esters is 1. The highest BCUT2D eigenvalue weighted by Gasteiger charge is 2.18. The van der Waals surface area contributed by atoms with Crippen LogP contribution in [0.4, 0.5) is 5.69 Å². The van der Waals surface area contributed by atoms with E-state index in [-0.39, 0.29) is 11.8 Å². The molecular formula is C17H20N2O3S. The van der Waals surface area contributed by atoms with Gasteiger partial charge in [0.1, 0.15) is 0 Å². The number of thiazole rings is 1. The largest absolute Gasteiger partial charge is 0.408 e. The number of ether oxygens (including phenoxy) is 1. The Morgan fingerprint density at radius 1 is 1.26 bits per heavy atom. The van der Waals surface area contributed by atoms with Gasteiger partial charge in [0.2, 0.25) is 11.8 Å². The lowest BCUT2D eigenvalue weighted by Crippen LogP contribution is -2.22. The molecule has 0 unspecified atom stereocenters. The highest BCUT2D eigenvalue weighted by Crippen LogP contribution is 2.24. The van der Waals surface area contributed by atoms with E-state index in [9.17, 15) is 9.59 Å². The normalized spacial score (nSPS) is 11.6. The van der Waals surface area contributed by atoms with Gasteiger partial charge in [0.25, 0.3) is 0 Å². The van der Waals surface area contributed by atoms with Gasteiger partial charge in [0.15, 0.2) is 4.80 Å². The van der Waals surface area contributed by atoms with Crippen LogP contribution in [-0.2, 0) is 11.2 Å². The van der Waals surface area contributed by atoms with Crippen molar-refractivity contribution in [2.45, 2.75) is 41.0 Å². The molecule has 0 bridgehead atoms. The van der Waals surface area contributed by atoms with Gasteiger partial charge in [-0.1, -0.05) is 36.0 Å². The highest BCUT2D eigenvalue weighted by molar-refractivity contribution is 7.09. The molecule has 0 atom stereocenters. The van der Waals surface area contributed by atoms with Crippen LogP contribution >= 0.6 is 11.3 Å². The van der Waals surface area contributed by atoms with E-state index in [0.29, 0.717) is 11.2 Å². The first-order valence-electron chi connectivity index (χ1n) is 7.39. The molecule has 122 valence electrons. The van der Waals surface area contributed by atoms with Crippen molar-refractivity contribution in [1.82, 2.24) is 4.57 Å². The molecule has 2 aromatic rings. The summed E-state index contributed by atoms with van der Waals surface area (Å²) in [7, 11) is 0. The molecule has 23 heavy (non-hydrogen) atoms. The second kappa shape index (κ2) is 6.91. The van der Waals surface area contributed by atoms with Crippen LogP contribution in [0.5, 0.6) is 5.88 Å². The molecule has 0 saturated carbocycles. The summed E-state index contributed by atoms with van der Waals surface area (Å²) in [4.78, 5) is 29.3. The molecule has 0 spiro atoms. The van der Waals surface area contributed by atoms with Gasteiger partial charge in [-0.25, -0.2) is 9.56 Å². The molecule has 0 saturated heterocycles. The van der Waals surface area contributed by atoms with Gasteiger partial charge in [0, 0.05) is 13.8 Å². The maximum Gasteiger partial charge on any atom is 0.309 e. The third-order valence-electron chi connectivity index (χ3n) is 3.29. The monoisotopic (exact) mass is 332 g/mol. The van der Waals surface area contributed by atoms with Crippen molar-refractivity contribution in [2.24, 2.45) is 4.99 Å². The lowest BCUT2D eigenvalue weighted by molar-refractivity contribution is -0.132. The molecule has 1 heterocycles. The summed E-state index contributed by atoms with van der Waals surface area (Å²) in [6, 6.07) is 5.94. The fourth-order valence-electron chi connectivity index (χ4n) is 2.26. The third-order valence-corrected chi connectivity index (χ3v) is 4.46. The van der Waals surface area contributed by atoms with Crippen LogP contribution in [0.1, 0.15) is 41.6 Å². The van der Waals surface area contributed by atoms with Crippen molar-refractivity contribution >= 4 is 28.9 Å². The minimum atomic E-state index is -0.453. The van der Waals surface area contributed by atoms with E-state index in [1.165, 1.54) is 29.8 Å². The predicted molar refractivity (Wildman–Crippen MR) is 90.4 cm³/mol. The average molecular weight is 332 g/mol. The van der Waals surface area contributed by atoms with Crippen molar-refractivity contribution in [3.63, 3.8) is 0 Å². The molecule has 0 amide bonds. The summed E-state index contributed by atoms with van der Waals surface area (Å²) >= 11 is 1.36. The number of benzene rings is 1. The minimum absolute atomic E-state index is 0.235. The maximum absolute atomic E-state index is 12.0. The van der Waals surface area contributed by atoms with Crippen LogP contribution in [-0.4, -0.2) is 16.4 Å². The Morgan fingerprint density at radius 2 is 1.96 bits per heavy atom. The number of aromatic nitrogens is 1. The standard InChI is InChI=1S/C17H20N2O3S/c1-6-15-16(22-13(5)21)19(12(4)20)17(23-15)18-14-8-7-10(2)9-11(14)3/h7-9H,6H2,1-5H3. The number of rotatable bonds is 3. The second-order valence-electron chi connectivity index (χ2n) is 5.32. The Bertz CT molecular complexity index is 831. The van der Waals surface area contributed by atoms with E-state index in [0.717, 1.165) is 21.7 Å². The van der Waals surface area contributed by atoms with Crippen LogP contribution in [0.2, 0.25) is 0 Å². The summed E-state index contributed by atoms with van der Waals surface area (Å²) in [6.07, 6.45) is 0.656. The number of hydrogen-bond donors (Lipinski definition) is 0. The van der Waals surface area contributed by atoms with Crippen LogP contribution in [0.3, 0.4) is 0 Å². The first-order chi connectivity index (χ1) is 10.8. The predicted octanol–water partition coefficient (Wildman–Crippen LogP) is 3.55. The molecule has 0 aliphatic heterocycles. The summed E-state index contributed by atoms with van der Waals surface area (Å²) < 4.78 is 6.62. The number of nitrogens with zero attached hydrogens (tertiary/aromatic N) is 2. The Hall–Kier alpha value is -2.21. The van der Waals surface area contributed by atoms with Crippen molar-refractivity contribution in [3.05, 3.63) is 39.0 Å². The molecule has 6 heteroatoms. The van der Waals surface area contributed by atoms with Crippen molar-refractivity contribution < 1.29 is 14.3 Å². The van der Waals surface area contributed by atoms with E-state index < -0.39 is 5.97 Å². The molecule has 0 aliphatic rings. The minimum Gasteiger partial charge on any atom is -0.408 e. The molecule has 5 nitrogen and oxygen atoms in total. The molecule has 0 radical (unpaired) electrons. The molecule has 0 fully saturated rings. The van der Waals surface area contributed by atoms with Gasteiger partial charge in [-0.2, -0.15) is 0 Å². The zero-order valence-corrected chi connectivity index (χ0v) is 14.8. The molecule has 0 N–H and O–H groups in total. The van der Waals surface area contributed by atoms with Gasteiger partial charge in [-0.05, 0) is 31.9 Å². The lowest BCUT2D eigenvalue weighted by atomic mass is 10.1. The van der Waals surface area contributed by atoms with Crippen molar-refractivity contribution in [3.8, 4) is 5.88 Å². The van der Waals surface area contributed by atoms with Crippen LogP contribution in [0, 0.1) is 13.8 Å². The van der Waals surface area contributed by atoms with Crippen molar-refractivity contribution in [2.75, 3.05) is 0 Å². The fourth-order valence-corrected chi connectivity index (χ4v) is 3.29. The van der Waals surface area contributed by atoms with Gasteiger partial charge in [0.05, 0.1) is 10.6 Å². The van der Waals surface area contributed by atoms with Crippen LogP contribution in [0.15, 0.2) is 23.2 Å². The van der Waals surface area contributed by atoms with Gasteiger partial charge in [-0.15, -0.1) is 0 Å². The highest BCUT2D eigenvalue weighted by atomic mass is 32.1. The smallest absolute Gasteiger partial charge is 0.309 e. The first kappa shape index (κ1) is 17.1. The molecule has 2 rings (SSSR count). The van der Waals surface area contributed by atoms with E-state index in [4.69, 9.17) is 4.74 Å². The Balaban J connectivity index is 2.70. The Labute approximate surface area is 139 Å². The van der Waals surface area contributed by atoms with Gasteiger partial charge >= 0.3 is 5.97 Å². The van der Waals surface area contributed by atoms with Crippen LogP contribution < -0.4 is 9.54 Å². The SMILES string of the molecule is CCc1sc(=Nc2ccc(C)cc2C)n(C(C)=O)c1OC(C)=O. The zero-order valence-electron chi connectivity index (χ0n) is 14.0. The number of aryl methyl sites for hydroxylation is 3. The average Bonchev–Trinajstić information content (AvgIpc) is 2.78. The quantitative estimate of drug-likeness (QED) is 0.808. The summed E-state index contributed by atoms with van der Waals surface area (Å²) in [5.74, 6) is -0.410. The summed E-state index contributed by atoms with van der Waals surface area (Å²) in [5, 5.41) is 0. The third kappa shape index (κ3) is 3.76. The summed E-state index contributed by atoms with van der Waals surface area (Å²) in [6.45, 7) is 8.70. The van der Waals surface area contributed by atoms with E-state index in [1.54, 1.807) is 0 Å². The topological polar surface area (TPSA) is 60.7 Å². The van der Waals surface area contributed by atoms with E-state index in [2.05, 4.69) is 4.99 Å². The number of carbonyl (C=O) groups is 2. The molecule has 1 aromatic heterocycles. The van der Waals surface area contributed by atoms with E-state index >= 15 is 0 Å². The van der Waals surface area contributed by atoms with Crippen LogP contribution in [0.25, 0.3) is 0 Å². The molecule has 0 aliphatic carbocycles. The van der Waals surface area contributed by atoms with Gasteiger partial charge in [-0.3, -0.25) is 9.59 Å². The maximum atomic E-state index is 12.0. The van der Waals surface area contributed by atoms with Gasteiger partial charge < -0.3 is 4.74 Å². The Morgan fingerprint density at radius 3 is 2.48 bits per heavy atom. The van der Waals surface area contributed by atoms with E-state index in [1.807, 2.05) is 39.0 Å².